The molecule has 0 saturated carbocycles. The van der Waals surface area contributed by atoms with Gasteiger partial charge in [-0.15, -0.1) is 0 Å². The van der Waals surface area contributed by atoms with E-state index in [1.165, 1.54) is 0 Å². The SMILES string of the molecule is CC(C)C[C@@H](NC(=O)CN)C(=O)N[C@H](CCCN)C(=O)N[C@H](CCCCNC(=O)[C@@H](CCCN)NC(=O)[C@@H](CC(C)C)NC(=O)[C@@H](Cc1ccccc1)NC(=O)[C@H](N)Cc1ccccc1)C(=O)N1CCNCC1. The fourth-order valence-corrected chi connectivity index (χ4v) is 8.40. The monoisotopic (exact) mass is 1020 g/mol. The molecule has 16 N–H and O–H groups in total. The van der Waals surface area contributed by atoms with Crippen LogP contribution >= 0.6 is 0 Å². The lowest BCUT2D eigenvalue weighted by molar-refractivity contribution is -0.138. The average molecular weight is 1020 g/mol. The number of unbranched alkanes of at least 4 members (excludes halogenated alkanes) is 1. The zero-order valence-electron chi connectivity index (χ0n) is 43.4. The molecule has 0 aliphatic carbocycles. The van der Waals surface area contributed by atoms with Crippen molar-refractivity contribution in [1.82, 2.24) is 47.4 Å². The van der Waals surface area contributed by atoms with Crippen molar-refractivity contribution < 1.29 is 38.4 Å². The van der Waals surface area contributed by atoms with E-state index in [4.69, 9.17) is 22.9 Å². The second-order valence-corrected chi connectivity index (χ2v) is 19.6. The third-order valence-corrected chi connectivity index (χ3v) is 12.4. The summed E-state index contributed by atoms with van der Waals surface area (Å²) < 4.78 is 0. The Kier molecular flexibility index (Phi) is 28.3. The molecular weight excluding hydrogens is 935 g/mol. The summed E-state index contributed by atoms with van der Waals surface area (Å²) in [6, 6.07) is 11.5. The van der Waals surface area contributed by atoms with Crippen molar-refractivity contribution in [3.63, 3.8) is 0 Å². The van der Waals surface area contributed by atoms with Crippen molar-refractivity contribution in [2.75, 3.05) is 52.4 Å². The first-order valence-electron chi connectivity index (χ1n) is 26.0. The summed E-state index contributed by atoms with van der Waals surface area (Å²) in [4.78, 5) is 111. The maximum absolute atomic E-state index is 14.1. The Morgan fingerprint density at radius 2 is 0.959 bits per heavy atom. The van der Waals surface area contributed by atoms with Gasteiger partial charge in [0.2, 0.25) is 47.3 Å². The summed E-state index contributed by atoms with van der Waals surface area (Å²) in [5.41, 5.74) is 25.1. The number of nitrogens with two attached hydrogens (primary N) is 4. The van der Waals surface area contributed by atoms with Crippen LogP contribution in [0.15, 0.2) is 60.7 Å². The van der Waals surface area contributed by atoms with Gasteiger partial charge in [-0.1, -0.05) is 88.4 Å². The van der Waals surface area contributed by atoms with Crippen molar-refractivity contribution in [2.45, 2.75) is 141 Å². The van der Waals surface area contributed by atoms with Crippen LogP contribution in [-0.2, 0) is 51.2 Å². The van der Waals surface area contributed by atoms with E-state index in [9.17, 15) is 38.4 Å². The van der Waals surface area contributed by atoms with Gasteiger partial charge in [-0.25, -0.2) is 0 Å². The Labute approximate surface area is 431 Å². The standard InChI is InChI=1S/C52H85N13O8/c1-34(2)29-42(59-45(66)33-55)49(70)61-40(21-14-23-54)48(69)62-41(52(73)65-27-25-57-26-28-65)19-11-12-24-58-47(68)39(20-13-22-53)60-50(71)43(30-35(3)4)64-51(72)44(32-37-17-9-6-10-18-37)63-46(67)38(56)31-36-15-7-5-8-16-36/h5-10,15-18,34-35,38-44,57H,11-14,19-33,53-56H2,1-4H3,(H,58,68)(H,59,66)(H,60,71)(H,61,70)(H,62,69)(H,63,67)(H,64,72)/t38-,39-,40-,41-,42-,43-,44-/m1/s1. The van der Waals surface area contributed by atoms with E-state index in [0.717, 1.165) is 11.1 Å². The fraction of sp³-hybridized carbons (Fsp3) is 0.615. The molecule has 21 nitrogen and oxygen atoms in total. The number of amides is 8. The number of hydrogen-bond acceptors (Lipinski definition) is 13. The van der Waals surface area contributed by atoms with Crippen LogP contribution in [0.25, 0.3) is 0 Å². The Morgan fingerprint density at radius 1 is 0.521 bits per heavy atom. The molecular formula is C52H85N13O8. The molecule has 1 saturated heterocycles. The van der Waals surface area contributed by atoms with Gasteiger partial charge < -0.3 is 70.4 Å². The predicted octanol–water partition coefficient (Wildman–Crippen LogP) is -1.05. The van der Waals surface area contributed by atoms with E-state index >= 15 is 0 Å². The van der Waals surface area contributed by atoms with E-state index in [1.54, 1.807) is 4.90 Å². The molecule has 0 aromatic heterocycles. The predicted molar refractivity (Wildman–Crippen MR) is 281 cm³/mol. The topological polar surface area (TPSA) is 340 Å². The molecule has 1 heterocycles. The zero-order valence-corrected chi connectivity index (χ0v) is 43.4. The lowest BCUT2D eigenvalue weighted by Crippen LogP contribution is -2.58. The van der Waals surface area contributed by atoms with E-state index in [1.807, 2.05) is 88.4 Å². The second kappa shape index (κ2) is 33.7. The molecule has 1 aliphatic rings. The highest BCUT2D eigenvalue weighted by atomic mass is 16.2. The molecule has 1 aliphatic heterocycles. The van der Waals surface area contributed by atoms with Crippen molar-refractivity contribution in [3.8, 4) is 0 Å². The number of piperazine rings is 1. The smallest absolute Gasteiger partial charge is 0.245 e. The minimum atomic E-state index is -1.07. The van der Waals surface area contributed by atoms with Crippen molar-refractivity contribution in [1.29, 1.82) is 0 Å². The van der Waals surface area contributed by atoms with Gasteiger partial charge >= 0.3 is 0 Å². The number of benzene rings is 2. The van der Waals surface area contributed by atoms with Gasteiger partial charge in [0.25, 0.3) is 0 Å². The Balaban J connectivity index is 1.70. The van der Waals surface area contributed by atoms with Crippen LogP contribution in [0, 0.1) is 11.8 Å². The normalized spacial score (nSPS) is 15.4. The van der Waals surface area contributed by atoms with Gasteiger partial charge in [-0.2, -0.15) is 0 Å². The van der Waals surface area contributed by atoms with Crippen LogP contribution in [0.3, 0.4) is 0 Å². The number of nitrogens with zero attached hydrogens (tertiary/aromatic N) is 1. The Bertz CT molecular complexity index is 2020. The lowest BCUT2D eigenvalue weighted by atomic mass is 10.00. The lowest BCUT2D eigenvalue weighted by Gasteiger charge is -2.32. The first-order chi connectivity index (χ1) is 34.9. The van der Waals surface area contributed by atoms with Crippen LogP contribution in [-0.4, -0.2) is 147 Å². The molecule has 1 fully saturated rings. The first kappa shape index (κ1) is 61.3. The van der Waals surface area contributed by atoms with Crippen molar-refractivity contribution >= 4 is 47.3 Å². The van der Waals surface area contributed by atoms with Crippen LogP contribution in [0.2, 0.25) is 0 Å². The highest BCUT2D eigenvalue weighted by Crippen LogP contribution is 2.13. The summed E-state index contributed by atoms with van der Waals surface area (Å²) >= 11 is 0. The fourth-order valence-electron chi connectivity index (χ4n) is 8.40. The number of carbonyl (C=O) groups is 8. The quantitative estimate of drug-likeness (QED) is 0.0381. The molecule has 2 aromatic carbocycles. The van der Waals surface area contributed by atoms with Gasteiger partial charge in [-0.05, 0) is 100 Å². The second-order valence-electron chi connectivity index (χ2n) is 19.6. The highest BCUT2D eigenvalue weighted by Gasteiger charge is 2.34. The van der Waals surface area contributed by atoms with E-state index < -0.39 is 83.6 Å². The maximum Gasteiger partial charge on any atom is 0.245 e. The zero-order chi connectivity index (χ0) is 53.7. The molecule has 0 spiro atoms. The molecule has 73 heavy (non-hydrogen) atoms. The Morgan fingerprint density at radius 3 is 1.48 bits per heavy atom. The molecule has 7 atom stereocenters. The number of carbonyl (C=O) groups excluding carboxylic acids is 8. The summed E-state index contributed by atoms with van der Waals surface area (Å²) in [7, 11) is 0. The summed E-state index contributed by atoms with van der Waals surface area (Å²) in [6.45, 7) is 10.0. The minimum Gasteiger partial charge on any atom is -0.354 e. The maximum atomic E-state index is 14.1. The van der Waals surface area contributed by atoms with Crippen LogP contribution in [0.5, 0.6) is 0 Å². The van der Waals surface area contributed by atoms with Gasteiger partial charge in [-0.3, -0.25) is 38.4 Å². The number of nitrogens with one attached hydrogen (secondary N) is 8. The van der Waals surface area contributed by atoms with E-state index in [0.29, 0.717) is 58.3 Å². The highest BCUT2D eigenvalue weighted by molar-refractivity contribution is 5.96. The molecule has 3 rings (SSSR count). The minimum absolute atomic E-state index is 0.0385. The van der Waals surface area contributed by atoms with E-state index in [2.05, 4.69) is 42.5 Å². The number of rotatable bonds is 33. The van der Waals surface area contributed by atoms with Gasteiger partial charge in [0.15, 0.2) is 0 Å². The molecule has 406 valence electrons. The van der Waals surface area contributed by atoms with Crippen LogP contribution in [0.4, 0.5) is 0 Å². The summed E-state index contributed by atoms with van der Waals surface area (Å²) in [5, 5.41) is 22.9. The van der Waals surface area contributed by atoms with Crippen molar-refractivity contribution in [2.24, 2.45) is 34.8 Å². The molecule has 0 unspecified atom stereocenters. The first-order valence-corrected chi connectivity index (χ1v) is 26.0. The third kappa shape index (κ3) is 23.2. The van der Waals surface area contributed by atoms with Gasteiger partial charge in [0.1, 0.15) is 36.3 Å². The summed E-state index contributed by atoms with van der Waals surface area (Å²) in [5.74, 6) is -4.06. The van der Waals surface area contributed by atoms with Crippen LogP contribution < -0.4 is 65.5 Å². The third-order valence-electron chi connectivity index (χ3n) is 12.4. The average Bonchev–Trinajstić information content (AvgIpc) is 3.37. The molecule has 0 bridgehead atoms. The molecule has 2 aromatic rings. The van der Waals surface area contributed by atoms with Gasteiger partial charge in [0, 0.05) is 39.1 Å². The summed E-state index contributed by atoms with van der Waals surface area (Å²) in [6.07, 6.45) is 3.20. The Hall–Kier alpha value is -6.00. The van der Waals surface area contributed by atoms with Crippen molar-refractivity contribution in [3.05, 3.63) is 71.8 Å². The van der Waals surface area contributed by atoms with Gasteiger partial charge in [0.05, 0.1) is 12.6 Å². The molecule has 21 heteroatoms. The number of hydrogen-bond donors (Lipinski definition) is 12. The van der Waals surface area contributed by atoms with Crippen LogP contribution in [0.1, 0.15) is 96.6 Å². The molecule has 8 amide bonds. The molecule has 0 radical (unpaired) electrons. The largest absolute Gasteiger partial charge is 0.354 e. The van der Waals surface area contributed by atoms with E-state index in [-0.39, 0.29) is 82.4 Å².